The van der Waals surface area contributed by atoms with E-state index in [1.165, 1.54) is 0 Å². The molecule has 2 aromatic rings. The van der Waals surface area contributed by atoms with E-state index in [9.17, 15) is 8.76 Å². The van der Waals surface area contributed by atoms with E-state index in [1.54, 1.807) is 16.6 Å². The molecule has 2 saturated heterocycles. The van der Waals surface area contributed by atoms with Gasteiger partial charge >= 0.3 is 0 Å². The topological polar surface area (TPSA) is 108 Å². The molecular weight excluding hydrogens is 458 g/mol. The van der Waals surface area contributed by atoms with Crippen LogP contribution in [0.2, 0.25) is 0 Å². The van der Waals surface area contributed by atoms with E-state index in [1.807, 2.05) is 6.07 Å². The zero-order valence-electron chi connectivity index (χ0n) is 15.7. The Labute approximate surface area is 179 Å². The normalized spacial score (nSPS) is 31.2. The molecule has 2 aromatic heterocycles. The maximum Gasteiger partial charge on any atom is 0.204 e. The molecule has 29 heavy (non-hydrogen) atoms. The number of nitrogens with one attached hydrogen (secondary N) is 1. The predicted octanol–water partition coefficient (Wildman–Crippen LogP) is 2.74. The Morgan fingerprint density at radius 1 is 1.28 bits per heavy atom. The quantitative estimate of drug-likeness (QED) is 0.672. The number of pyridine rings is 1. The average Bonchev–Trinajstić information content (AvgIpc) is 3.44. The lowest BCUT2D eigenvalue weighted by Gasteiger charge is -2.42. The summed E-state index contributed by atoms with van der Waals surface area (Å²) >= 11 is 1.51. The van der Waals surface area contributed by atoms with Gasteiger partial charge in [-0.2, -0.15) is 5.26 Å². The van der Waals surface area contributed by atoms with Crippen molar-refractivity contribution in [3.8, 4) is 6.07 Å². The molecule has 8 nitrogen and oxygen atoms in total. The van der Waals surface area contributed by atoms with Gasteiger partial charge in [0.15, 0.2) is 5.58 Å². The van der Waals surface area contributed by atoms with E-state index >= 15 is 0 Å². The fourth-order valence-corrected chi connectivity index (χ4v) is 6.39. The maximum atomic E-state index is 11.3. The van der Waals surface area contributed by atoms with Crippen molar-refractivity contribution in [1.82, 2.24) is 14.2 Å². The van der Waals surface area contributed by atoms with Gasteiger partial charge in [-0.1, -0.05) is 0 Å². The highest BCUT2D eigenvalue weighted by Crippen LogP contribution is 2.38. The lowest BCUT2D eigenvalue weighted by atomic mass is 9.89. The maximum absolute atomic E-state index is 11.3. The standard InChI is InChI=1S/C19H22BrN5O3S/c20-18-16-6-15(7-21)28-17(16)8-22-19(18)23-11-1-3-12(4-2-11)24-9-14-5-13(24)10-25(14)29(26)27/h6,8,11-14H,1-5,9-10H2,(H,22,23)(H,26,27)/p-1/t11?,12?,13-,14-/m1/s1. The molecule has 0 spiro atoms. The second-order valence-corrected chi connectivity index (χ2v) is 9.82. The summed E-state index contributed by atoms with van der Waals surface area (Å²) in [5.74, 6) is 1.06. The Morgan fingerprint density at radius 3 is 2.72 bits per heavy atom. The number of aromatic nitrogens is 1. The molecule has 4 heterocycles. The third-order valence-electron chi connectivity index (χ3n) is 6.56. The number of fused-ring (bicyclic) bond motifs is 3. The van der Waals surface area contributed by atoms with Crippen LogP contribution in [0.4, 0.5) is 5.82 Å². The first-order valence-corrected chi connectivity index (χ1v) is 11.7. The molecule has 154 valence electrons. The summed E-state index contributed by atoms with van der Waals surface area (Å²) < 4.78 is 30.4. The Morgan fingerprint density at radius 2 is 2.07 bits per heavy atom. The van der Waals surface area contributed by atoms with Crippen LogP contribution in [0.3, 0.4) is 0 Å². The van der Waals surface area contributed by atoms with Crippen molar-refractivity contribution in [3.05, 3.63) is 22.5 Å². The number of anilines is 1. The van der Waals surface area contributed by atoms with Crippen molar-refractivity contribution in [2.75, 3.05) is 18.4 Å². The molecule has 10 heteroatoms. The molecule has 1 N–H and O–H groups in total. The third kappa shape index (κ3) is 3.49. The molecule has 3 atom stereocenters. The van der Waals surface area contributed by atoms with Gasteiger partial charge in [-0.25, -0.2) is 9.29 Å². The van der Waals surface area contributed by atoms with Gasteiger partial charge in [0.05, 0.1) is 10.7 Å². The van der Waals surface area contributed by atoms with Crippen LogP contribution < -0.4 is 5.32 Å². The monoisotopic (exact) mass is 478 g/mol. The van der Waals surface area contributed by atoms with Gasteiger partial charge in [-0.15, -0.1) is 0 Å². The van der Waals surface area contributed by atoms with Crippen LogP contribution in [0.1, 0.15) is 37.9 Å². The highest BCUT2D eigenvalue weighted by Gasteiger charge is 2.46. The van der Waals surface area contributed by atoms with Gasteiger partial charge in [0.2, 0.25) is 5.76 Å². The summed E-state index contributed by atoms with van der Waals surface area (Å²) in [5, 5.41) is 13.4. The SMILES string of the molecule is N#Cc1cc2c(Br)c(NC3CCC(N4C[C@H]5C[C@@H]4CN5S(=O)[O-])CC3)ncc2o1. The molecule has 0 amide bonds. The Hall–Kier alpha value is -1.51. The summed E-state index contributed by atoms with van der Waals surface area (Å²) in [6.07, 6.45) is 6.94. The van der Waals surface area contributed by atoms with Gasteiger partial charge in [0.1, 0.15) is 11.9 Å². The molecule has 2 bridgehead atoms. The summed E-state index contributed by atoms with van der Waals surface area (Å²) in [6, 6.07) is 5.17. The second-order valence-electron chi connectivity index (χ2n) is 8.13. The van der Waals surface area contributed by atoms with E-state index in [-0.39, 0.29) is 11.8 Å². The van der Waals surface area contributed by atoms with Crippen molar-refractivity contribution in [3.63, 3.8) is 0 Å². The molecule has 5 rings (SSSR count). The number of nitrogens with zero attached hydrogens (tertiary/aromatic N) is 4. The molecule has 3 fully saturated rings. The number of rotatable bonds is 4. The first-order valence-electron chi connectivity index (χ1n) is 9.90. The first-order chi connectivity index (χ1) is 14.0. The minimum absolute atomic E-state index is 0.161. The molecule has 1 saturated carbocycles. The van der Waals surface area contributed by atoms with Crippen LogP contribution in [0.15, 0.2) is 21.2 Å². The van der Waals surface area contributed by atoms with E-state index < -0.39 is 11.3 Å². The number of piperazine rings is 1. The second kappa shape index (κ2) is 7.63. The summed E-state index contributed by atoms with van der Waals surface area (Å²) in [4.78, 5) is 7.01. The highest BCUT2D eigenvalue weighted by molar-refractivity contribution is 9.10. The molecule has 2 aliphatic heterocycles. The lowest BCUT2D eigenvalue weighted by Crippen LogP contribution is -2.52. The minimum atomic E-state index is -2.09. The van der Waals surface area contributed by atoms with Gasteiger partial charge in [-0.3, -0.25) is 9.11 Å². The first kappa shape index (κ1) is 19.5. The average molecular weight is 479 g/mol. The van der Waals surface area contributed by atoms with Crippen LogP contribution >= 0.6 is 15.9 Å². The van der Waals surface area contributed by atoms with Crippen molar-refractivity contribution in [2.45, 2.75) is 56.3 Å². The van der Waals surface area contributed by atoms with Crippen molar-refractivity contribution in [1.29, 1.82) is 5.26 Å². The fraction of sp³-hybridized carbons (Fsp3) is 0.579. The zero-order valence-corrected chi connectivity index (χ0v) is 18.1. The van der Waals surface area contributed by atoms with Crippen molar-refractivity contribution >= 4 is 44.0 Å². The molecule has 3 aliphatic rings. The van der Waals surface area contributed by atoms with Gasteiger partial charge in [0, 0.05) is 60.0 Å². The number of furan rings is 1. The smallest absolute Gasteiger partial charge is 0.204 e. The number of halogens is 1. The van der Waals surface area contributed by atoms with Crippen LogP contribution in [0.5, 0.6) is 0 Å². The van der Waals surface area contributed by atoms with Crippen LogP contribution in [0, 0.1) is 11.3 Å². The van der Waals surface area contributed by atoms with Crippen LogP contribution in [-0.2, 0) is 11.3 Å². The third-order valence-corrected chi connectivity index (χ3v) is 8.19. The number of hydrogen-bond donors (Lipinski definition) is 1. The van der Waals surface area contributed by atoms with Gasteiger partial charge < -0.3 is 14.3 Å². The lowest BCUT2D eigenvalue weighted by molar-refractivity contribution is 0.100. The Balaban J connectivity index is 1.20. The molecular formula is C19H21BrN5O3S-. The summed E-state index contributed by atoms with van der Waals surface area (Å²) in [7, 11) is 0. The molecule has 1 unspecified atom stereocenters. The minimum Gasteiger partial charge on any atom is -0.760 e. The van der Waals surface area contributed by atoms with Crippen molar-refractivity contribution < 1.29 is 13.2 Å². The van der Waals surface area contributed by atoms with E-state index in [0.29, 0.717) is 30.3 Å². The largest absolute Gasteiger partial charge is 0.760 e. The highest BCUT2D eigenvalue weighted by atomic mass is 79.9. The molecule has 1 aliphatic carbocycles. The van der Waals surface area contributed by atoms with Gasteiger partial charge in [-0.05, 0) is 48.0 Å². The Kier molecular flexibility index (Phi) is 5.12. The number of hydrogen-bond acceptors (Lipinski definition) is 7. The molecule has 0 radical (unpaired) electrons. The summed E-state index contributed by atoms with van der Waals surface area (Å²) in [6.45, 7) is 1.51. The Bertz CT molecular complexity index is 1000. The number of likely N-dealkylation sites (tertiary alicyclic amines) is 1. The summed E-state index contributed by atoms with van der Waals surface area (Å²) in [5.41, 5.74) is 0.597. The van der Waals surface area contributed by atoms with Crippen LogP contribution in [0.25, 0.3) is 11.0 Å². The van der Waals surface area contributed by atoms with Crippen LogP contribution in [-0.4, -0.2) is 60.2 Å². The van der Waals surface area contributed by atoms with E-state index in [0.717, 1.165) is 54.3 Å². The van der Waals surface area contributed by atoms with Gasteiger partial charge in [0.25, 0.3) is 0 Å². The molecule has 0 aromatic carbocycles. The number of nitriles is 1. The van der Waals surface area contributed by atoms with E-state index in [2.05, 4.69) is 31.1 Å². The predicted molar refractivity (Wildman–Crippen MR) is 111 cm³/mol. The van der Waals surface area contributed by atoms with E-state index in [4.69, 9.17) is 9.68 Å². The fourth-order valence-electron chi connectivity index (χ4n) is 5.17. The zero-order chi connectivity index (χ0) is 20.1. The van der Waals surface area contributed by atoms with Crippen molar-refractivity contribution in [2.24, 2.45) is 0 Å².